The highest BCUT2D eigenvalue weighted by Crippen LogP contribution is 2.22. The van der Waals surface area contributed by atoms with E-state index in [1.165, 1.54) is 36.0 Å². The predicted molar refractivity (Wildman–Crippen MR) is 74.5 cm³/mol. The van der Waals surface area contributed by atoms with E-state index in [0.29, 0.717) is 6.54 Å². The van der Waals surface area contributed by atoms with Crippen LogP contribution in [0.3, 0.4) is 0 Å². The van der Waals surface area contributed by atoms with Crippen LogP contribution in [0.5, 0.6) is 0 Å². The van der Waals surface area contributed by atoms with Gasteiger partial charge in [-0.3, -0.25) is 0 Å². The van der Waals surface area contributed by atoms with Gasteiger partial charge in [-0.25, -0.2) is 8.42 Å². The number of sulfone groups is 1. The normalized spacial score (nSPS) is 14.7. The van der Waals surface area contributed by atoms with E-state index in [-0.39, 0.29) is 11.5 Å². The third kappa shape index (κ3) is 3.56. The Bertz CT molecular complexity index is 509. The minimum atomic E-state index is -2.85. The average Bonchev–Trinajstić information content (AvgIpc) is 2.82. The van der Waals surface area contributed by atoms with Crippen LogP contribution >= 0.6 is 0 Å². The van der Waals surface area contributed by atoms with Crippen molar-refractivity contribution in [3.8, 4) is 0 Å². The van der Waals surface area contributed by atoms with Crippen LogP contribution in [0.4, 0.5) is 0 Å². The summed E-state index contributed by atoms with van der Waals surface area (Å²) in [6.45, 7) is 2.98. The van der Waals surface area contributed by atoms with Gasteiger partial charge >= 0.3 is 0 Å². The van der Waals surface area contributed by atoms with Gasteiger partial charge < -0.3 is 5.32 Å². The third-order valence-electron chi connectivity index (χ3n) is 3.52. The highest BCUT2D eigenvalue weighted by Gasteiger charge is 2.10. The van der Waals surface area contributed by atoms with Crippen LogP contribution in [-0.4, -0.2) is 26.5 Å². The Morgan fingerprint density at radius 3 is 2.78 bits per heavy atom. The van der Waals surface area contributed by atoms with Crippen molar-refractivity contribution in [1.29, 1.82) is 0 Å². The number of benzene rings is 1. The van der Waals surface area contributed by atoms with Gasteiger partial charge in [0.25, 0.3) is 0 Å². The number of rotatable bonds is 6. The summed E-state index contributed by atoms with van der Waals surface area (Å²) >= 11 is 0. The van der Waals surface area contributed by atoms with Crippen LogP contribution in [-0.2, 0) is 29.2 Å². The molecule has 1 aromatic rings. The molecule has 1 aromatic carbocycles. The van der Waals surface area contributed by atoms with Gasteiger partial charge in [-0.15, -0.1) is 0 Å². The molecule has 0 aromatic heterocycles. The zero-order valence-corrected chi connectivity index (χ0v) is 11.7. The molecular weight excluding hydrogens is 246 g/mol. The van der Waals surface area contributed by atoms with Crippen LogP contribution in [0.2, 0.25) is 0 Å². The monoisotopic (exact) mass is 267 g/mol. The first kappa shape index (κ1) is 13.6. The topological polar surface area (TPSA) is 46.2 Å². The summed E-state index contributed by atoms with van der Waals surface area (Å²) < 4.78 is 22.6. The van der Waals surface area contributed by atoms with Gasteiger partial charge in [0.1, 0.15) is 0 Å². The molecule has 3 nitrogen and oxygen atoms in total. The molecule has 100 valence electrons. The van der Waals surface area contributed by atoms with E-state index in [1.807, 2.05) is 0 Å². The summed E-state index contributed by atoms with van der Waals surface area (Å²) in [7, 11) is -2.85. The maximum atomic E-state index is 11.3. The summed E-state index contributed by atoms with van der Waals surface area (Å²) in [6.07, 6.45) is 3.66. The lowest BCUT2D eigenvalue weighted by molar-refractivity contribution is 0.592. The summed E-state index contributed by atoms with van der Waals surface area (Å²) in [5, 5.41) is 3.20. The van der Waals surface area contributed by atoms with Gasteiger partial charge in [0.05, 0.1) is 5.75 Å². The summed E-state index contributed by atoms with van der Waals surface area (Å²) in [5.41, 5.74) is 4.20. The quantitative estimate of drug-likeness (QED) is 0.798. The minimum Gasteiger partial charge on any atom is -0.312 e. The molecule has 0 aliphatic heterocycles. The number of nitrogens with one attached hydrogen (secondary N) is 1. The fourth-order valence-corrected chi connectivity index (χ4v) is 3.08. The first-order valence-electron chi connectivity index (χ1n) is 6.62. The van der Waals surface area contributed by atoms with Gasteiger partial charge in [-0.1, -0.05) is 25.1 Å². The molecule has 0 radical (unpaired) electrons. The average molecular weight is 267 g/mol. The Balaban J connectivity index is 1.81. The molecule has 2 rings (SSSR count). The standard InChI is InChI=1S/C14H21NO2S/c1-2-18(16,17)9-8-15-11-12-6-7-13-4-3-5-14(13)10-12/h6-7,10,15H,2-5,8-9,11H2,1H3. The number of aryl methyl sites for hydroxylation is 2. The molecular formula is C14H21NO2S. The molecule has 0 spiro atoms. The Morgan fingerprint density at radius 2 is 2.00 bits per heavy atom. The smallest absolute Gasteiger partial charge is 0.151 e. The molecule has 0 unspecified atom stereocenters. The molecule has 0 bridgehead atoms. The molecule has 18 heavy (non-hydrogen) atoms. The highest BCUT2D eigenvalue weighted by molar-refractivity contribution is 7.91. The van der Waals surface area contributed by atoms with Crippen molar-refractivity contribution in [2.75, 3.05) is 18.1 Å². The SMILES string of the molecule is CCS(=O)(=O)CCNCc1ccc2c(c1)CCC2. The number of hydrogen-bond acceptors (Lipinski definition) is 3. The zero-order valence-electron chi connectivity index (χ0n) is 10.9. The van der Waals surface area contributed by atoms with Gasteiger partial charge in [0.2, 0.25) is 0 Å². The van der Waals surface area contributed by atoms with E-state index in [2.05, 4.69) is 23.5 Å². The highest BCUT2D eigenvalue weighted by atomic mass is 32.2. The number of hydrogen-bond donors (Lipinski definition) is 1. The lowest BCUT2D eigenvalue weighted by Crippen LogP contribution is -2.23. The minimum absolute atomic E-state index is 0.230. The second-order valence-corrected chi connectivity index (χ2v) is 7.34. The van der Waals surface area contributed by atoms with Gasteiger partial charge in [0.15, 0.2) is 9.84 Å². The van der Waals surface area contributed by atoms with Crippen molar-refractivity contribution in [2.45, 2.75) is 32.7 Å². The Morgan fingerprint density at radius 1 is 1.22 bits per heavy atom. The van der Waals surface area contributed by atoms with Crippen LogP contribution in [0.25, 0.3) is 0 Å². The van der Waals surface area contributed by atoms with Crippen molar-refractivity contribution < 1.29 is 8.42 Å². The number of fused-ring (bicyclic) bond motifs is 1. The van der Waals surface area contributed by atoms with E-state index in [0.717, 1.165) is 6.54 Å². The van der Waals surface area contributed by atoms with Crippen molar-refractivity contribution in [3.63, 3.8) is 0 Å². The second kappa shape index (κ2) is 5.85. The molecule has 0 saturated heterocycles. The van der Waals surface area contributed by atoms with Crippen LogP contribution in [0.1, 0.15) is 30.0 Å². The summed E-state index contributed by atoms with van der Waals surface area (Å²) in [4.78, 5) is 0. The Labute approximate surface area is 110 Å². The van der Waals surface area contributed by atoms with Gasteiger partial charge in [-0.2, -0.15) is 0 Å². The summed E-state index contributed by atoms with van der Waals surface area (Å²) in [6, 6.07) is 6.61. The van der Waals surface area contributed by atoms with Crippen LogP contribution in [0.15, 0.2) is 18.2 Å². The Hall–Kier alpha value is -0.870. The lowest BCUT2D eigenvalue weighted by atomic mass is 10.1. The molecule has 0 fully saturated rings. The zero-order chi connectivity index (χ0) is 13.0. The first-order valence-corrected chi connectivity index (χ1v) is 8.44. The lowest BCUT2D eigenvalue weighted by Gasteiger charge is -2.07. The van der Waals surface area contributed by atoms with E-state index in [1.54, 1.807) is 6.92 Å². The maximum absolute atomic E-state index is 11.3. The Kier molecular flexibility index (Phi) is 4.40. The second-order valence-electron chi connectivity index (χ2n) is 4.87. The maximum Gasteiger partial charge on any atom is 0.151 e. The molecule has 1 N–H and O–H groups in total. The molecule has 0 heterocycles. The summed E-state index contributed by atoms with van der Waals surface area (Å²) in [5.74, 6) is 0.460. The van der Waals surface area contributed by atoms with Crippen LogP contribution in [0, 0.1) is 0 Å². The molecule has 4 heteroatoms. The third-order valence-corrected chi connectivity index (χ3v) is 5.23. The first-order chi connectivity index (χ1) is 8.61. The van der Waals surface area contributed by atoms with E-state index < -0.39 is 9.84 Å². The molecule has 0 atom stereocenters. The van der Waals surface area contributed by atoms with Crippen molar-refractivity contribution >= 4 is 9.84 Å². The van der Waals surface area contributed by atoms with Gasteiger partial charge in [-0.05, 0) is 36.0 Å². The van der Waals surface area contributed by atoms with Crippen molar-refractivity contribution in [3.05, 3.63) is 34.9 Å². The molecule has 0 saturated carbocycles. The van der Waals surface area contributed by atoms with Gasteiger partial charge in [0, 0.05) is 18.8 Å². The molecule has 1 aliphatic carbocycles. The largest absolute Gasteiger partial charge is 0.312 e. The van der Waals surface area contributed by atoms with E-state index in [4.69, 9.17) is 0 Å². The van der Waals surface area contributed by atoms with Crippen molar-refractivity contribution in [2.24, 2.45) is 0 Å². The molecule has 1 aliphatic rings. The fourth-order valence-electron chi connectivity index (χ4n) is 2.34. The van der Waals surface area contributed by atoms with E-state index in [9.17, 15) is 8.42 Å². The van der Waals surface area contributed by atoms with E-state index >= 15 is 0 Å². The molecule has 0 amide bonds. The fraction of sp³-hybridized carbons (Fsp3) is 0.571. The van der Waals surface area contributed by atoms with Crippen molar-refractivity contribution in [1.82, 2.24) is 5.32 Å². The predicted octanol–water partition coefficient (Wildman–Crippen LogP) is 1.70. The van der Waals surface area contributed by atoms with Crippen LogP contribution < -0.4 is 5.32 Å².